The standard InChI is InChI=1S/C26H32N2O5/c1-5-20(24(30)32-17-19-14-10-7-11-15-19)22(27)23(29)21(16-18-12-8-6-9-13-18)28-25(31)33-26(2,3)4/h6-15,20-21,27H,5,16-17H2,1-4H3,(H,28,31)/t20-,21-/m0/s1. The molecule has 7 nitrogen and oxygen atoms in total. The third kappa shape index (κ3) is 8.52. The van der Waals surface area contributed by atoms with Gasteiger partial charge in [-0.15, -0.1) is 0 Å². The summed E-state index contributed by atoms with van der Waals surface area (Å²) < 4.78 is 10.6. The largest absolute Gasteiger partial charge is 0.460 e. The number of amides is 1. The molecule has 176 valence electrons. The normalized spacial score (nSPS) is 12.8. The Kier molecular flexibility index (Phi) is 9.33. The van der Waals surface area contributed by atoms with Gasteiger partial charge in [0.1, 0.15) is 24.2 Å². The first-order valence-electron chi connectivity index (χ1n) is 11.0. The molecule has 0 spiro atoms. The third-order valence-electron chi connectivity index (χ3n) is 4.82. The van der Waals surface area contributed by atoms with E-state index in [-0.39, 0.29) is 19.4 Å². The van der Waals surface area contributed by atoms with Crippen molar-refractivity contribution >= 4 is 23.6 Å². The lowest BCUT2D eigenvalue weighted by Gasteiger charge is -2.24. The van der Waals surface area contributed by atoms with Gasteiger partial charge in [-0.25, -0.2) is 4.79 Å². The van der Waals surface area contributed by atoms with Crippen molar-refractivity contribution in [3.05, 3.63) is 71.8 Å². The second-order valence-corrected chi connectivity index (χ2v) is 8.72. The Bertz CT molecular complexity index is 952. The summed E-state index contributed by atoms with van der Waals surface area (Å²) in [5.74, 6) is -2.32. The molecule has 0 aromatic heterocycles. The van der Waals surface area contributed by atoms with E-state index in [0.717, 1.165) is 11.1 Å². The molecule has 0 saturated carbocycles. The highest BCUT2D eigenvalue weighted by Crippen LogP contribution is 2.15. The summed E-state index contributed by atoms with van der Waals surface area (Å²) in [4.78, 5) is 38.3. The lowest BCUT2D eigenvalue weighted by Crippen LogP contribution is -2.49. The van der Waals surface area contributed by atoms with E-state index in [0.29, 0.717) is 0 Å². The highest BCUT2D eigenvalue weighted by molar-refractivity contribution is 6.44. The zero-order valence-electron chi connectivity index (χ0n) is 19.6. The van der Waals surface area contributed by atoms with Crippen molar-refractivity contribution in [3.8, 4) is 0 Å². The van der Waals surface area contributed by atoms with E-state index in [1.165, 1.54) is 0 Å². The van der Waals surface area contributed by atoms with Crippen LogP contribution in [-0.2, 0) is 32.1 Å². The van der Waals surface area contributed by atoms with Gasteiger partial charge in [-0.05, 0) is 38.3 Å². The Morgan fingerprint density at radius 2 is 1.48 bits per heavy atom. The summed E-state index contributed by atoms with van der Waals surface area (Å²) in [5.41, 5.74) is 0.476. The fraction of sp³-hybridized carbons (Fsp3) is 0.385. The van der Waals surface area contributed by atoms with Crippen molar-refractivity contribution in [2.45, 2.75) is 58.8 Å². The van der Waals surface area contributed by atoms with Crippen LogP contribution in [-0.4, -0.2) is 35.2 Å². The number of Topliss-reactive ketones (excluding diaryl/α,β-unsaturated/α-hetero) is 1. The lowest BCUT2D eigenvalue weighted by molar-refractivity contribution is -0.147. The van der Waals surface area contributed by atoms with E-state index >= 15 is 0 Å². The number of ketones is 1. The number of carbonyl (C=O) groups excluding carboxylic acids is 3. The molecule has 2 atom stereocenters. The molecule has 0 radical (unpaired) electrons. The Morgan fingerprint density at radius 3 is 2.00 bits per heavy atom. The summed E-state index contributed by atoms with van der Waals surface area (Å²) in [6.07, 6.45) is -0.372. The van der Waals surface area contributed by atoms with E-state index in [4.69, 9.17) is 14.9 Å². The summed E-state index contributed by atoms with van der Waals surface area (Å²) >= 11 is 0. The Hall–Kier alpha value is -3.48. The molecule has 0 saturated heterocycles. The minimum Gasteiger partial charge on any atom is -0.460 e. The van der Waals surface area contributed by atoms with E-state index < -0.39 is 41.1 Å². The van der Waals surface area contributed by atoms with E-state index in [2.05, 4.69) is 5.32 Å². The highest BCUT2D eigenvalue weighted by Gasteiger charge is 2.34. The molecule has 0 aliphatic rings. The van der Waals surface area contributed by atoms with Crippen LogP contribution in [0.4, 0.5) is 4.79 Å². The fourth-order valence-electron chi connectivity index (χ4n) is 3.19. The van der Waals surface area contributed by atoms with Crippen LogP contribution < -0.4 is 5.32 Å². The van der Waals surface area contributed by atoms with Crippen molar-refractivity contribution in [1.29, 1.82) is 5.41 Å². The SMILES string of the molecule is CC[C@@H](C(=N)C(=O)[C@H](Cc1ccccc1)NC(=O)OC(C)(C)C)C(=O)OCc1ccccc1. The maximum atomic E-state index is 13.2. The van der Waals surface area contributed by atoms with E-state index in [1.54, 1.807) is 27.7 Å². The average Bonchev–Trinajstić information content (AvgIpc) is 2.77. The first-order chi connectivity index (χ1) is 15.6. The van der Waals surface area contributed by atoms with Gasteiger partial charge in [0.25, 0.3) is 0 Å². The average molecular weight is 453 g/mol. The minimum absolute atomic E-state index is 0.0568. The fourth-order valence-corrected chi connectivity index (χ4v) is 3.19. The van der Waals surface area contributed by atoms with E-state index in [1.807, 2.05) is 60.7 Å². The molecule has 33 heavy (non-hydrogen) atoms. The van der Waals surface area contributed by atoms with Crippen LogP contribution in [0.25, 0.3) is 0 Å². The number of hydrogen-bond acceptors (Lipinski definition) is 6. The molecule has 2 aromatic rings. The molecule has 0 heterocycles. The number of benzene rings is 2. The summed E-state index contributed by atoms with van der Waals surface area (Å²) in [6, 6.07) is 17.3. The zero-order valence-corrected chi connectivity index (χ0v) is 19.6. The molecule has 2 N–H and O–H groups in total. The van der Waals surface area contributed by atoms with Crippen LogP contribution in [0.5, 0.6) is 0 Å². The Morgan fingerprint density at radius 1 is 0.939 bits per heavy atom. The number of ether oxygens (including phenoxy) is 2. The van der Waals surface area contributed by atoms with Crippen molar-refractivity contribution in [2.24, 2.45) is 5.92 Å². The number of nitrogens with one attached hydrogen (secondary N) is 2. The Labute approximate surface area is 195 Å². The van der Waals surface area contributed by atoms with Gasteiger partial charge in [0.15, 0.2) is 5.78 Å². The molecule has 1 amide bonds. The monoisotopic (exact) mass is 452 g/mol. The molecular weight excluding hydrogens is 420 g/mol. The molecule has 2 aromatic carbocycles. The second-order valence-electron chi connectivity index (χ2n) is 8.72. The zero-order chi connectivity index (χ0) is 24.4. The number of rotatable bonds is 10. The van der Waals surface area contributed by atoms with Gasteiger partial charge < -0.3 is 20.2 Å². The molecular formula is C26H32N2O5. The number of hydrogen-bond donors (Lipinski definition) is 2. The molecule has 2 rings (SSSR count). The van der Waals surface area contributed by atoms with Crippen LogP contribution in [0.2, 0.25) is 0 Å². The number of esters is 1. The van der Waals surface area contributed by atoms with Gasteiger partial charge in [0.05, 0.1) is 5.71 Å². The topological polar surface area (TPSA) is 106 Å². The van der Waals surface area contributed by atoms with Crippen molar-refractivity contribution in [2.75, 3.05) is 0 Å². The van der Waals surface area contributed by atoms with Gasteiger partial charge in [-0.3, -0.25) is 9.59 Å². The Balaban J connectivity index is 2.14. The van der Waals surface area contributed by atoms with Crippen molar-refractivity contribution in [1.82, 2.24) is 5.32 Å². The van der Waals surface area contributed by atoms with Gasteiger partial charge >= 0.3 is 12.1 Å². The lowest BCUT2D eigenvalue weighted by atomic mass is 9.91. The van der Waals surface area contributed by atoms with Crippen LogP contribution in [0.1, 0.15) is 45.2 Å². The molecule has 0 bridgehead atoms. The predicted octanol–water partition coefficient (Wildman–Crippen LogP) is 4.48. The molecule has 0 aliphatic heterocycles. The first kappa shape index (κ1) is 25.8. The smallest absolute Gasteiger partial charge is 0.408 e. The summed E-state index contributed by atoms with van der Waals surface area (Å²) in [7, 11) is 0. The highest BCUT2D eigenvalue weighted by atomic mass is 16.6. The van der Waals surface area contributed by atoms with Crippen molar-refractivity contribution in [3.63, 3.8) is 0 Å². The van der Waals surface area contributed by atoms with Gasteiger partial charge in [0.2, 0.25) is 0 Å². The van der Waals surface area contributed by atoms with Gasteiger partial charge in [-0.1, -0.05) is 67.6 Å². The number of carbonyl (C=O) groups is 3. The van der Waals surface area contributed by atoms with Crippen LogP contribution in [0.3, 0.4) is 0 Å². The molecule has 0 unspecified atom stereocenters. The van der Waals surface area contributed by atoms with Crippen molar-refractivity contribution < 1.29 is 23.9 Å². The third-order valence-corrected chi connectivity index (χ3v) is 4.82. The summed E-state index contributed by atoms with van der Waals surface area (Å²) in [6.45, 7) is 6.93. The minimum atomic E-state index is -1.05. The molecule has 7 heteroatoms. The van der Waals surface area contributed by atoms with Crippen LogP contribution >= 0.6 is 0 Å². The molecule has 0 aliphatic carbocycles. The van der Waals surface area contributed by atoms with Crippen LogP contribution in [0.15, 0.2) is 60.7 Å². The maximum absolute atomic E-state index is 13.2. The molecule has 0 fully saturated rings. The second kappa shape index (κ2) is 11.9. The van der Waals surface area contributed by atoms with E-state index in [9.17, 15) is 14.4 Å². The van der Waals surface area contributed by atoms with Crippen LogP contribution in [0, 0.1) is 11.3 Å². The number of alkyl carbamates (subject to hydrolysis) is 1. The quantitative estimate of drug-likeness (QED) is 0.408. The van der Waals surface area contributed by atoms with Gasteiger partial charge in [0, 0.05) is 6.42 Å². The predicted molar refractivity (Wildman–Crippen MR) is 126 cm³/mol. The van der Waals surface area contributed by atoms with Gasteiger partial charge in [-0.2, -0.15) is 0 Å². The first-order valence-corrected chi connectivity index (χ1v) is 11.0. The summed E-state index contributed by atoms with van der Waals surface area (Å²) in [5, 5.41) is 11.0. The maximum Gasteiger partial charge on any atom is 0.408 e.